The number of halogens is 1. The number of carboxylic acids is 1. The molecule has 1 aromatic heterocycles. The first kappa shape index (κ1) is 13.4. The van der Waals surface area contributed by atoms with Gasteiger partial charge >= 0.3 is 5.97 Å². The van der Waals surface area contributed by atoms with E-state index in [1.807, 2.05) is 13.8 Å². The Morgan fingerprint density at radius 3 is 2.61 bits per heavy atom. The number of rotatable bonds is 5. The fraction of sp³-hybridized carbons (Fsp3) is 0.667. The summed E-state index contributed by atoms with van der Waals surface area (Å²) < 4.78 is 1.67. The third-order valence-electron chi connectivity index (χ3n) is 3.33. The molecule has 1 aliphatic carbocycles. The van der Waals surface area contributed by atoms with Crippen LogP contribution in [0.15, 0.2) is 0 Å². The summed E-state index contributed by atoms with van der Waals surface area (Å²) >= 11 is 6.07. The van der Waals surface area contributed by atoms with E-state index in [-0.39, 0.29) is 6.54 Å². The van der Waals surface area contributed by atoms with Gasteiger partial charge in [-0.05, 0) is 33.6 Å². The number of nitrogens with one attached hydrogen (secondary N) is 1. The SMILES string of the molecule is Cc1nn(CC(C)(NC2CC2)C(=O)O)c(C)c1Cl. The van der Waals surface area contributed by atoms with E-state index in [0.29, 0.717) is 11.1 Å². The van der Waals surface area contributed by atoms with Gasteiger partial charge in [0.1, 0.15) is 5.54 Å². The third kappa shape index (κ3) is 2.52. The van der Waals surface area contributed by atoms with Crippen molar-refractivity contribution in [1.29, 1.82) is 0 Å². The number of aliphatic carboxylic acids is 1. The van der Waals surface area contributed by atoms with Gasteiger partial charge in [-0.2, -0.15) is 5.10 Å². The molecule has 5 nitrogen and oxygen atoms in total. The molecule has 1 atom stereocenters. The zero-order chi connectivity index (χ0) is 13.5. The summed E-state index contributed by atoms with van der Waals surface area (Å²) in [5.41, 5.74) is 0.529. The average Bonchev–Trinajstić information content (AvgIpc) is 3.05. The molecular formula is C12H18ClN3O2. The molecule has 1 aromatic rings. The quantitative estimate of drug-likeness (QED) is 0.856. The maximum Gasteiger partial charge on any atom is 0.325 e. The van der Waals surface area contributed by atoms with Crippen molar-refractivity contribution in [2.24, 2.45) is 0 Å². The highest BCUT2D eigenvalue weighted by Crippen LogP contribution is 2.25. The standard InChI is InChI=1S/C12H18ClN3O2/c1-7-10(13)8(2)16(15-7)6-12(3,11(17)18)14-9-4-5-9/h9,14H,4-6H2,1-3H3,(H,17,18). The molecule has 0 saturated heterocycles. The van der Waals surface area contributed by atoms with E-state index >= 15 is 0 Å². The van der Waals surface area contributed by atoms with Crippen LogP contribution in [-0.4, -0.2) is 32.4 Å². The number of aryl methyl sites for hydroxylation is 1. The van der Waals surface area contributed by atoms with Crippen LogP contribution >= 0.6 is 11.6 Å². The van der Waals surface area contributed by atoms with Crippen LogP contribution in [0, 0.1) is 13.8 Å². The predicted molar refractivity (Wildman–Crippen MR) is 68.9 cm³/mol. The molecule has 18 heavy (non-hydrogen) atoms. The van der Waals surface area contributed by atoms with E-state index in [1.54, 1.807) is 11.6 Å². The van der Waals surface area contributed by atoms with Crippen molar-refractivity contribution < 1.29 is 9.90 Å². The van der Waals surface area contributed by atoms with E-state index in [4.69, 9.17) is 11.6 Å². The van der Waals surface area contributed by atoms with Gasteiger partial charge in [0.15, 0.2) is 0 Å². The zero-order valence-electron chi connectivity index (χ0n) is 10.8. The highest BCUT2D eigenvalue weighted by atomic mass is 35.5. The van der Waals surface area contributed by atoms with Crippen molar-refractivity contribution in [1.82, 2.24) is 15.1 Å². The molecule has 0 aliphatic heterocycles. The molecule has 2 rings (SSSR count). The van der Waals surface area contributed by atoms with Gasteiger partial charge in [0, 0.05) is 6.04 Å². The predicted octanol–water partition coefficient (Wildman–Crippen LogP) is 1.75. The van der Waals surface area contributed by atoms with Crippen LogP contribution in [0.1, 0.15) is 31.2 Å². The molecule has 0 amide bonds. The third-order valence-corrected chi connectivity index (χ3v) is 3.88. The van der Waals surface area contributed by atoms with E-state index in [2.05, 4.69) is 10.4 Å². The van der Waals surface area contributed by atoms with Gasteiger partial charge in [0.2, 0.25) is 0 Å². The minimum atomic E-state index is -1.01. The van der Waals surface area contributed by atoms with Crippen molar-refractivity contribution in [2.75, 3.05) is 0 Å². The van der Waals surface area contributed by atoms with Crippen LogP contribution in [0.5, 0.6) is 0 Å². The van der Waals surface area contributed by atoms with Crippen molar-refractivity contribution in [3.8, 4) is 0 Å². The Balaban J connectivity index is 2.22. The number of hydrogen-bond acceptors (Lipinski definition) is 3. The van der Waals surface area contributed by atoms with Gasteiger partial charge in [-0.15, -0.1) is 0 Å². The monoisotopic (exact) mass is 271 g/mol. The second-order valence-corrected chi connectivity index (χ2v) is 5.58. The summed E-state index contributed by atoms with van der Waals surface area (Å²) in [6.07, 6.45) is 2.08. The number of carboxylic acid groups (broad SMARTS) is 1. The Kier molecular flexibility index (Phi) is 3.38. The summed E-state index contributed by atoms with van der Waals surface area (Å²) in [7, 11) is 0. The van der Waals surface area contributed by atoms with Crippen molar-refractivity contribution in [2.45, 2.75) is 51.7 Å². The highest BCUT2D eigenvalue weighted by Gasteiger charge is 2.39. The Morgan fingerprint density at radius 2 is 2.22 bits per heavy atom. The first-order valence-electron chi connectivity index (χ1n) is 6.04. The minimum Gasteiger partial charge on any atom is -0.480 e. The molecule has 100 valence electrons. The first-order valence-corrected chi connectivity index (χ1v) is 6.42. The van der Waals surface area contributed by atoms with E-state index in [0.717, 1.165) is 24.2 Å². The summed E-state index contributed by atoms with van der Waals surface area (Å²) in [5.74, 6) is -0.863. The molecule has 1 unspecified atom stereocenters. The number of carbonyl (C=O) groups is 1. The smallest absolute Gasteiger partial charge is 0.325 e. The van der Waals surface area contributed by atoms with Gasteiger partial charge in [-0.3, -0.25) is 14.8 Å². The first-order chi connectivity index (χ1) is 8.33. The molecule has 0 spiro atoms. The fourth-order valence-electron chi connectivity index (χ4n) is 1.98. The van der Waals surface area contributed by atoms with Crippen molar-refractivity contribution in [3.63, 3.8) is 0 Å². The lowest BCUT2D eigenvalue weighted by Gasteiger charge is -2.26. The van der Waals surface area contributed by atoms with E-state index < -0.39 is 11.5 Å². The molecular weight excluding hydrogens is 254 g/mol. The van der Waals surface area contributed by atoms with Gasteiger partial charge in [-0.25, -0.2) is 0 Å². The lowest BCUT2D eigenvalue weighted by atomic mass is 10.0. The van der Waals surface area contributed by atoms with Crippen LogP contribution in [-0.2, 0) is 11.3 Å². The maximum absolute atomic E-state index is 11.5. The number of hydrogen-bond donors (Lipinski definition) is 2. The maximum atomic E-state index is 11.5. The molecule has 6 heteroatoms. The molecule has 0 radical (unpaired) electrons. The normalized spacial score (nSPS) is 18.7. The molecule has 1 fully saturated rings. The highest BCUT2D eigenvalue weighted by molar-refractivity contribution is 6.31. The van der Waals surface area contributed by atoms with Gasteiger partial charge < -0.3 is 5.11 Å². The Hall–Kier alpha value is -1.07. The van der Waals surface area contributed by atoms with E-state index in [1.165, 1.54) is 0 Å². The Labute approximate surface area is 111 Å². The lowest BCUT2D eigenvalue weighted by molar-refractivity contribution is -0.145. The molecule has 2 N–H and O–H groups in total. The van der Waals surface area contributed by atoms with Gasteiger partial charge in [0.05, 0.1) is 23.0 Å². The fourth-order valence-corrected chi connectivity index (χ4v) is 2.12. The zero-order valence-corrected chi connectivity index (χ0v) is 11.6. The average molecular weight is 272 g/mol. The van der Waals surface area contributed by atoms with Crippen molar-refractivity contribution >= 4 is 17.6 Å². The van der Waals surface area contributed by atoms with Gasteiger partial charge in [-0.1, -0.05) is 11.6 Å². The number of nitrogens with zero attached hydrogens (tertiary/aromatic N) is 2. The van der Waals surface area contributed by atoms with Crippen LogP contribution in [0.4, 0.5) is 0 Å². The van der Waals surface area contributed by atoms with Crippen LogP contribution in [0.25, 0.3) is 0 Å². The van der Waals surface area contributed by atoms with Gasteiger partial charge in [0.25, 0.3) is 0 Å². The largest absolute Gasteiger partial charge is 0.480 e. The van der Waals surface area contributed by atoms with Crippen LogP contribution < -0.4 is 5.32 Å². The second kappa shape index (κ2) is 4.55. The molecule has 1 heterocycles. The summed E-state index contributed by atoms with van der Waals surface area (Å²) in [6, 6.07) is 0.318. The van der Waals surface area contributed by atoms with E-state index in [9.17, 15) is 9.90 Å². The topological polar surface area (TPSA) is 67.2 Å². The molecule has 0 bridgehead atoms. The molecule has 1 aliphatic rings. The van der Waals surface area contributed by atoms with Crippen LogP contribution in [0.2, 0.25) is 5.02 Å². The number of aromatic nitrogens is 2. The summed E-state index contributed by atoms with van der Waals surface area (Å²) in [4.78, 5) is 11.5. The summed E-state index contributed by atoms with van der Waals surface area (Å²) in [6.45, 7) is 5.64. The van der Waals surface area contributed by atoms with Crippen LogP contribution in [0.3, 0.4) is 0 Å². The van der Waals surface area contributed by atoms with Crippen molar-refractivity contribution in [3.05, 3.63) is 16.4 Å². The molecule has 1 saturated carbocycles. The minimum absolute atomic E-state index is 0.276. The summed E-state index contributed by atoms with van der Waals surface area (Å²) in [5, 5.41) is 17.5. The molecule has 0 aromatic carbocycles. The lowest BCUT2D eigenvalue weighted by Crippen LogP contribution is -2.53. The Bertz CT molecular complexity index is 482. The Morgan fingerprint density at radius 1 is 1.61 bits per heavy atom. The second-order valence-electron chi connectivity index (χ2n) is 5.20.